The Kier molecular flexibility index (Phi) is 7.48. The minimum atomic E-state index is -0.881. The van der Waals surface area contributed by atoms with Gasteiger partial charge >= 0.3 is 0 Å². The lowest BCUT2D eigenvalue weighted by Gasteiger charge is -2.23. The number of amides is 1. The number of aromatic nitrogens is 2. The Morgan fingerprint density at radius 2 is 1.76 bits per heavy atom. The first-order valence-corrected chi connectivity index (χ1v) is 13.5. The van der Waals surface area contributed by atoms with Gasteiger partial charge in [-0.25, -0.2) is 4.39 Å². The maximum absolute atomic E-state index is 14.0. The number of ketones is 1. The molecule has 9 heteroatoms. The predicted octanol–water partition coefficient (Wildman–Crippen LogP) is 6.46. The third-order valence-corrected chi connectivity index (χ3v) is 8.11. The maximum Gasteiger partial charge on any atom is 0.296 e. The Morgan fingerprint density at radius 1 is 1.05 bits per heavy atom. The molecule has 1 aliphatic heterocycles. The van der Waals surface area contributed by atoms with Crippen molar-refractivity contribution in [2.45, 2.75) is 23.1 Å². The fourth-order valence-electron chi connectivity index (χ4n) is 4.06. The number of hydrogen-bond acceptors (Lipinski definition) is 7. The highest BCUT2D eigenvalue weighted by molar-refractivity contribution is 8.00. The van der Waals surface area contributed by atoms with Gasteiger partial charge in [-0.1, -0.05) is 108 Å². The SMILES string of the molecule is Cc1ccc(C2C(C(=O)/C=C/c3ccccc3)=C(O)C(=O)N2c2nnc(SCc3ccccc3F)s2)cc1. The Bertz CT molecular complexity index is 1550. The number of nitrogens with zero attached hydrogens (tertiary/aromatic N) is 3. The molecule has 0 aliphatic carbocycles. The molecule has 1 unspecified atom stereocenters. The van der Waals surface area contributed by atoms with E-state index in [9.17, 15) is 19.1 Å². The predicted molar refractivity (Wildman–Crippen MR) is 147 cm³/mol. The molecular weight excluding hydrogens is 521 g/mol. The first kappa shape index (κ1) is 25.6. The number of aryl methyl sites for hydroxylation is 1. The van der Waals surface area contributed by atoms with Gasteiger partial charge in [0.1, 0.15) is 5.82 Å². The van der Waals surface area contributed by atoms with E-state index in [0.717, 1.165) is 22.5 Å². The summed E-state index contributed by atoms with van der Waals surface area (Å²) >= 11 is 2.44. The van der Waals surface area contributed by atoms with E-state index in [1.54, 1.807) is 24.3 Å². The van der Waals surface area contributed by atoms with Gasteiger partial charge in [0, 0.05) is 5.75 Å². The highest BCUT2D eigenvalue weighted by atomic mass is 32.2. The zero-order chi connectivity index (χ0) is 26.6. The van der Waals surface area contributed by atoms with Crippen molar-refractivity contribution in [3.05, 3.63) is 124 Å². The molecule has 190 valence electrons. The van der Waals surface area contributed by atoms with Crippen molar-refractivity contribution < 1.29 is 19.1 Å². The fourth-order valence-corrected chi connectivity index (χ4v) is 5.91. The maximum atomic E-state index is 14.0. The summed E-state index contributed by atoms with van der Waals surface area (Å²) in [5.41, 5.74) is 2.98. The van der Waals surface area contributed by atoms with Crippen LogP contribution in [0.25, 0.3) is 6.08 Å². The van der Waals surface area contributed by atoms with Crippen LogP contribution in [0, 0.1) is 12.7 Å². The van der Waals surface area contributed by atoms with Gasteiger partial charge in [0.05, 0.1) is 11.6 Å². The summed E-state index contributed by atoms with van der Waals surface area (Å²) in [5, 5.41) is 19.5. The second kappa shape index (κ2) is 11.1. The van der Waals surface area contributed by atoms with E-state index in [4.69, 9.17) is 0 Å². The first-order chi connectivity index (χ1) is 18.4. The number of aliphatic hydroxyl groups excluding tert-OH is 1. The van der Waals surface area contributed by atoms with E-state index in [0.29, 0.717) is 21.2 Å². The molecule has 3 aromatic carbocycles. The minimum Gasteiger partial charge on any atom is -0.503 e. The molecule has 0 radical (unpaired) electrons. The monoisotopic (exact) mass is 543 g/mol. The molecule has 4 aromatic rings. The van der Waals surface area contributed by atoms with Gasteiger partial charge in [-0.15, -0.1) is 10.2 Å². The van der Waals surface area contributed by atoms with E-state index in [-0.39, 0.29) is 16.5 Å². The quantitative estimate of drug-likeness (QED) is 0.156. The van der Waals surface area contributed by atoms with Crippen molar-refractivity contribution in [2.24, 2.45) is 0 Å². The Labute approximate surface area is 227 Å². The topological polar surface area (TPSA) is 83.4 Å². The lowest BCUT2D eigenvalue weighted by Crippen LogP contribution is -2.30. The molecule has 0 spiro atoms. The van der Waals surface area contributed by atoms with Crippen molar-refractivity contribution in [2.75, 3.05) is 4.90 Å². The molecule has 1 aliphatic rings. The number of allylic oxidation sites excluding steroid dienone is 1. The number of hydrogen-bond donors (Lipinski definition) is 1. The second-order valence-electron chi connectivity index (χ2n) is 8.59. The van der Waals surface area contributed by atoms with E-state index in [2.05, 4.69) is 10.2 Å². The highest BCUT2D eigenvalue weighted by Gasteiger charge is 2.45. The lowest BCUT2D eigenvalue weighted by molar-refractivity contribution is -0.117. The van der Waals surface area contributed by atoms with Crippen LogP contribution >= 0.6 is 23.1 Å². The number of benzene rings is 3. The number of rotatable bonds is 8. The molecule has 1 amide bonds. The lowest BCUT2D eigenvalue weighted by atomic mass is 9.95. The molecule has 1 aromatic heterocycles. The van der Waals surface area contributed by atoms with E-state index in [1.165, 1.54) is 28.8 Å². The molecule has 1 atom stereocenters. The van der Waals surface area contributed by atoms with Crippen molar-refractivity contribution >= 4 is 46.0 Å². The van der Waals surface area contributed by atoms with Crippen LogP contribution in [-0.4, -0.2) is 27.0 Å². The van der Waals surface area contributed by atoms with Crippen LogP contribution in [0.4, 0.5) is 9.52 Å². The number of carbonyl (C=O) groups is 2. The molecule has 38 heavy (non-hydrogen) atoms. The van der Waals surface area contributed by atoms with Gasteiger partial charge in [-0.2, -0.15) is 0 Å². The van der Waals surface area contributed by atoms with Crippen molar-refractivity contribution in [3.8, 4) is 0 Å². The molecule has 1 N–H and O–H groups in total. The Hall–Kier alpha value is -4.08. The van der Waals surface area contributed by atoms with Gasteiger partial charge in [-0.05, 0) is 35.8 Å². The van der Waals surface area contributed by atoms with Gasteiger partial charge < -0.3 is 5.11 Å². The molecule has 6 nitrogen and oxygen atoms in total. The smallest absolute Gasteiger partial charge is 0.296 e. The second-order valence-corrected chi connectivity index (χ2v) is 10.8. The largest absolute Gasteiger partial charge is 0.503 e. The van der Waals surface area contributed by atoms with E-state index < -0.39 is 23.5 Å². The summed E-state index contributed by atoms with van der Waals surface area (Å²) in [7, 11) is 0. The van der Waals surface area contributed by atoms with Gasteiger partial charge in [0.25, 0.3) is 5.91 Å². The number of carbonyl (C=O) groups excluding carboxylic acids is 2. The molecular formula is C29H22FN3O3S2. The summed E-state index contributed by atoms with van der Waals surface area (Å²) in [6.07, 6.45) is 3.00. The number of anilines is 1. The molecule has 0 bridgehead atoms. The average molecular weight is 544 g/mol. The molecule has 0 fully saturated rings. The molecule has 2 heterocycles. The van der Waals surface area contributed by atoms with Crippen molar-refractivity contribution in [1.82, 2.24) is 10.2 Å². The summed E-state index contributed by atoms with van der Waals surface area (Å²) in [6.45, 7) is 1.94. The van der Waals surface area contributed by atoms with Crippen molar-refractivity contribution in [1.29, 1.82) is 0 Å². The highest BCUT2D eigenvalue weighted by Crippen LogP contribution is 2.43. The average Bonchev–Trinajstić information content (AvgIpc) is 3.50. The van der Waals surface area contributed by atoms with Crippen LogP contribution in [0.15, 0.2) is 101 Å². The number of halogens is 1. The van der Waals surface area contributed by atoms with Crippen LogP contribution in [0.1, 0.15) is 28.3 Å². The standard InChI is InChI=1S/C29H22FN3O3S2/c1-18-11-14-20(15-12-18)25-24(23(34)16-13-19-7-3-2-4-8-19)26(35)27(36)33(25)28-31-32-29(38-28)37-17-21-9-5-6-10-22(21)30/h2-16,25,35H,17H2,1H3/b16-13+. The van der Waals surface area contributed by atoms with E-state index >= 15 is 0 Å². The van der Waals surface area contributed by atoms with Crippen LogP contribution < -0.4 is 4.90 Å². The van der Waals surface area contributed by atoms with Crippen LogP contribution in [0.2, 0.25) is 0 Å². The van der Waals surface area contributed by atoms with Gasteiger partial charge in [0.2, 0.25) is 5.13 Å². The number of aliphatic hydroxyl groups is 1. The normalized spacial score (nSPS) is 15.6. The Morgan fingerprint density at radius 3 is 2.50 bits per heavy atom. The van der Waals surface area contributed by atoms with Gasteiger partial charge in [-0.3, -0.25) is 14.5 Å². The zero-order valence-electron chi connectivity index (χ0n) is 20.2. The van der Waals surface area contributed by atoms with Crippen LogP contribution in [0.5, 0.6) is 0 Å². The summed E-state index contributed by atoms with van der Waals surface area (Å²) in [5.74, 6) is -1.79. The third-order valence-electron chi connectivity index (χ3n) is 6.00. The molecule has 5 rings (SSSR count). The van der Waals surface area contributed by atoms with Crippen LogP contribution in [0.3, 0.4) is 0 Å². The van der Waals surface area contributed by atoms with Crippen molar-refractivity contribution in [3.63, 3.8) is 0 Å². The summed E-state index contributed by atoms with van der Waals surface area (Å²) in [4.78, 5) is 27.9. The summed E-state index contributed by atoms with van der Waals surface area (Å²) in [6, 6.07) is 22.3. The fraction of sp³-hybridized carbons (Fsp3) is 0.103. The number of thioether (sulfide) groups is 1. The summed E-state index contributed by atoms with van der Waals surface area (Å²) < 4.78 is 14.6. The van der Waals surface area contributed by atoms with Gasteiger partial charge in [0.15, 0.2) is 15.9 Å². The third kappa shape index (κ3) is 5.29. The Balaban J connectivity index is 1.46. The zero-order valence-corrected chi connectivity index (χ0v) is 21.9. The minimum absolute atomic E-state index is 0.0261. The van der Waals surface area contributed by atoms with E-state index in [1.807, 2.05) is 61.5 Å². The molecule has 0 saturated heterocycles. The van der Waals surface area contributed by atoms with Crippen LogP contribution in [-0.2, 0) is 15.3 Å². The molecule has 0 saturated carbocycles. The first-order valence-electron chi connectivity index (χ1n) is 11.7.